The van der Waals surface area contributed by atoms with Gasteiger partial charge in [0.25, 0.3) is 5.56 Å². The molecule has 32 heavy (non-hydrogen) atoms. The van der Waals surface area contributed by atoms with E-state index in [-0.39, 0.29) is 23.9 Å². The molecule has 1 aliphatic heterocycles. The number of benzene rings is 2. The fraction of sp³-hybridized carbons (Fsp3) is 0.167. The summed E-state index contributed by atoms with van der Waals surface area (Å²) in [7, 11) is 0. The van der Waals surface area contributed by atoms with Crippen molar-refractivity contribution in [1.29, 1.82) is 0 Å². The van der Waals surface area contributed by atoms with Crippen molar-refractivity contribution in [2.45, 2.75) is 19.9 Å². The molecule has 2 aromatic heterocycles. The minimum Gasteiger partial charge on any atom is -0.318 e. The van der Waals surface area contributed by atoms with Crippen LogP contribution in [-0.2, 0) is 13.0 Å². The van der Waals surface area contributed by atoms with Crippen LogP contribution in [0.25, 0.3) is 16.9 Å². The van der Waals surface area contributed by atoms with Gasteiger partial charge in [-0.3, -0.25) is 14.7 Å². The third kappa shape index (κ3) is 3.56. The Morgan fingerprint density at radius 2 is 1.81 bits per heavy atom. The van der Waals surface area contributed by atoms with Crippen molar-refractivity contribution in [3.05, 3.63) is 87.8 Å². The predicted octanol–water partition coefficient (Wildman–Crippen LogP) is 3.48. The molecule has 3 heterocycles. The van der Waals surface area contributed by atoms with Gasteiger partial charge in [-0.2, -0.15) is 0 Å². The summed E-state index contributed by atoms with van der Waals surface area (Å²) in [4.78, 5) is 43.5. The van der Waals surface area contributed by atoms with E-state index in [9.17, 15) is 14.4 Å². The number of nitrogens with one attached hydrogen (secondary N) is 2. The second-order valence-electron chi connectivity index (χ2n) is 7.81. The Morgan fingerprint density at radius 3 is 2.53 bits per heavy atom. The number of nitrogens with zero attached hydrogens (tertiary/aromatic N) is 3. The second-order valence-corrected chi connectivity index (χ2v) is 7.81. The molecule has 0 spiro atoms. The van der Waals surface area contributed by atoms with E-state index >= 15 is 0 Å². The van der Waals surface area contributed by atoms with Crippen LogP contribution in [0.3, 0.4) is 0 Å². The fourth-order valence-corrected chi connectivity index (χ4v) is 3.92. The van der Waals surface area contributed by atoms with E-state index in [2.05, 4.69) is 15.4 Å². The molecule has 8 nitrogen and oxygen atoms in total. The van der Waals surface area contributed by atoms with Crippen LogP contribution in [0.4, 0.5) is 10.5 Å². The van der Waals surface area contributed by atoms with Gasteiger partial charge in [-0.25, -0.2) is 14.3 Å². The number of hydrogen-bond acceptors (Lipinski definition) is 4. The first kappa shape index (κ1) is 19.7. The Hall–Kier alpha value is -4.20. The number of carbonyl (C=O) groups is 2. The number of Topliss-reactive ketones (excluding diaryl/α,β-unsaturated/α-hetero) is 1. The quantitative estimate of drug-likeness (QED) is 0.489. The van der Waals surface area contributed by atoms with Crippen LogP contribution in [0.2, 0.25) is 0 Å². The molecule has 2 aromatic carbocycles. The third-order valence-electron chi connectivity index (χ3n) is 5.68. The lowest BCUT2D eigenvalue weighted by Gasteiger charge is -2.27. The molecule has 160 valence electrons. The molecule has 5 rings (SSSR count). The molecule has 0 fully saturated rings. The molecule has 0 saturated carbocycles. The summed E-state index contributed by atoms with van der Waals surface area (Å²) < 4.78 is 1.47. The van der Waals surface area contributed by atoms with Crippen LogP contribution in [-0.4, -0.2) is 37.9 Å². The van der Waals surface area contributed by atoms with E-state index < -0.39 is 0 Å². The summed E-state index contributed by atoms with van der Waals surface area (Å²) in [5.41, 5.74) is 4.59. The van der Waals surface area contributed by atoms with Crippen molar-refractivity contribution in [3.8, 4) is 11.3 Å². The molecule has 4 aromatic rings. The molecular weight excluding hydrogens is 406 g/mol. The van der Waals surface area contributed by atoms with Crippen molar-refractivity contribution in [2.75, 3.05) is 11.9 Å². The van der Waals surface area contributed by atoms with Gasteiger partial charge in [-0.1, -0.05) is 30.3 Å². The van der Waals surface area contributed by atoms with Crippen LogP contribution in [0.5, 0.6) is 0 Å². The van der Waals surface area contributed by atoms with Crippen LogP contribution in [0.15, 0.2) is 65.5 Å². The second kappa shape index (κ2) is 7.81. The minimum atomic E-state index is -0.271. The molecule has 0 saturated heterocycles. The summed E-state index contributed by atoms with van der Waals surface area (Å²) in [6, 6.07) is 18.1. The van der Waals surface area contributed by atoms with E-state index in [1.54, 1.807) is 29.2 Å². The molecule has 0 radical (unpaired) electrons. The number of hydrogen-bond donors (Lipinski definition) is 2. The van der Waals surface area contributed by atoms with Crippen molar-refractivity contribution < 1.29 is 9.59 Å². The molecule has 8 heteroatoms. The number of urea groups is 1. The molecule has 0 atom stereocenters. The lowest BCUT2D eigenvalue weighted by Crippen LogP contribution is -2.41. The number of aromatic amines is 1. The zero-order valence-corrected chi connectivity index (χ0v) is 17.5. The van der Waals surface area contributed by atoms with Gasteiger partial charge in [0.05, 0.1) is 17.9 Å². The Morgan fingerprint density at radius 1 is 1.06 bits per heavy atom. The topological polar surface area (TPSA) is 99.6 Å². The summed E-state index contributed by atoms with van der Waals surface area (Å²) in [5, 5.41) is 5.98. The number of amides is 2. The minimum absolute atomic E-state index is 0.0284. The lowest BCUT2D eigenvalue weighted by molar-refractivity contribution is 0.101. The Labute approximate surface area is 183 Å². The third-order valence-corrected chi connectivity index (χ3v) is 5.68. The molecule has 0 aliphatic carbocycles. The highest BCUT2D eigenvalue weighted by Gasteiger charge is 2.25. The molecular formula is C24H21N5O3. The van der Waals surface area contributed by atoms with Crippen LogP contribution in [0, 0.1) is 0 Å². The summed E-state index contributed by atoms with van der Waals surface area (Å²) in [6.07, 6.45) is 0.431. The van der Waals surface area contributed by atoms with Gasteiger partial charge in [0.1, 0.15) is 0 Å². The van der Waals surface area contributed by atoms with E-state index in [4.69, 9.17) is 0 Å². The number of rotatable bonds is 3. The molecule has 2 amide bonds. The smallest absolute Gasteiger partial charge is 0.318 e. The monoisotopic (exact) mass is 427 g/mol. The molecule has 0 bridgehead atoms. The van der Waals surface area contributed by atoms with Crippen LogP contribution < -0.4 is 10.9 Å². The zero-order chi connectivity index (χ0) is 22.2. The Kier molecular flexibility index (Phi) is 4.82. The van der Waals surface area contributed by atoms with E-state index in [0.717, 1.165) is 11.3 Å². The van der Waals surface area contributed by atoms with Gasteiger partial charge in [0, 0.05) is 29.4 Å². The first-order valence-corrected chi connectivity index (χ1v) is 10.4. The number of H-pyrrole nitrogens is 1. The van der Waals surface area contributed by atoms with Crippen molar-refractivity contribution in [2.24, 2.45) is 0 Å². The first-order valence-electron chi connectivity index (χ1n) is 10.4. The fourth-order valence-electron chi connectivity index (χ4n) is 3.92. The predicted molar refractivity (Wildman–Crippen MR) is 121 cm³/mol. The van der Waals surface area contributed by atoms with E-state index in [0.29, 0.717) is 41.1 Å². The Balaban J connectivity index is 1.39. The highest BCUT2D eigenvalue weighted by Crippen LogP contribution is 2.21. The van der Waals surface area contributed by atoms with E-state index in [1.165, 1.54) is 11.4 Å². The Bertz CT molecular complexity index is 1390. The summed E-state index contributed by atoms with van der Waals surface area (Å²) in [6.45, 7) is 2.17. The van der Waals surface area contributed by atoms with Gasteiger partial charge < -0.3 is 10.2 Å². The van der Waals surface area contributed by atoms with E-state index in [1.807, 2.05) is 36.4 Å². The number of ketones is 1. The number of fused-ring (bicyclic) bond motifs is 2. The lowest BCUT2D eigenvalue weighted by atomic mass is 10.1. The van der Waals surface area contributed by atoms with Gasteiger partial charge in [0.2, 0.25) is 0 Å². The van der Waals surface area contributed by atoms with Crippen LogP contribution in [0.1, 0.15) is 28.5 Å². The maximum absolute atomic E-state index is 13.0. The SMILES string of the molecule is CC(=O)c1ccc(NC(=O)N2CCc3c(nc4cc(-c5ccccc5)[nH]n4c3=O)C2)cc1. The van der Waals surface area contributed by atoms with Gasteiger partial charge in [-0.05, 0) is 43.2 Å². The summed E-state index contributed by atoms with van der Waals surface area (Å²) in [5.74, 6) is -0.0284. The van der Waals surface area contributed by atoms with Crippen molar-refractivity contribution >= 4 is 23.1 Å². The molecule has 0 unspecified atom stereocenters. The average Bonchev–Trinajstić information content (AvgIpc) is 3.24. The van der Waals surface area contributed by atoms with Gasteiger partial charge >= 0.3 is 6.03 Å². The molecule has 2 N–H and O–H groups in total. The number of aromatic nitrogens is 3. The maximum Gasteiger partial charge on any atom is 0.322 e. The van der Waals surface area contributed by atoms with Crippen LogP contribution >= 0.6 is 0 Å². The number of anilines is 1. The molecule has 1 aliphatic rings. The van der Waals surface area contributed by atoms with Crippen molar-refractivity contribution in [1.82, 2.24) is 19.5 Å². The zero-order valence-electron chi connectivity index (χ0n) is 17.5. The highest BCUT2D eigenvalue weighted by molar-refractivity contribution is 5.95. The summed E-state index contributed by atoms with van der Waals surface area (Å²) >= 11 is 0. The van der Waals surface area contributed by atoms with Gasteiger partial charge in [0.15, 0.2) is 11.4 Å². The standard InChI is InChI=1S/C24H21N5O3/c1-15(30)16-7-9-18(10-8-16)25-24(32)28-12-11-19-21(14-28)26-22-13-20(27-29(22)23(19)31)17-5-3-2-4-6-17/h2-10,13,27H,11-12,14H2,1H3,(H,25,32). The highest BCUT2D eigenvalue weighted by atomic mass is 16.2. The largest absolute Gasteiger partial charge is 0.322 e. The van der Waals surface area contributed by atoms with Crippen molar-refractivity contribution in [3.63, 3.8) is 0 Å². The normalized spacial score (nSPS) is 13.1. The van der Waals surface area contributed by atoms with Gasteiger partial charge in [-0.15, -0.1) is 0 Å². The first-order chi connectivity index (χ1) is 15.5. The average molecular weight is 427 g/mol. The number of carbonyl (C=O) groups excluding carboxylic acids is 2. The maximum atomic E-state index is 13.0.